The maximum absolute atomic E-state index is 12.0. The Morgan fingerprint density at radius 1 is 1.43 bits per heavy atom. The fourth-order valence-corrected chi connectivity index (χ4v) is 2.25. The third-order valence-electron chi connectivity index (χ3n) is 3.56. The molecule has 0 saturated heterocycles. The first-order valence-corrected chi connectivity index (χ1v) is 7.22. The Hall–Kier alpha value is -2.01. The zero-order chi connectivity index (χ0) is 15.5. The molecule has 0 aliphatic rings. The Morgan fingerprint density at radius 2 is 2.14 bits per heavy atom. The van der Waals surface area contributed by atoms with Gasteiger partial charge in [-0.15, -0.1) is 0 Å². The minimum atomic E-state index is -0.664. The van der Waals surface area contributed by atoms with E-state index in [9.17, 15) is 4.79 Å². The summed E-state index contributed by atoms with van der Waals surface area (Å²) in [6, 6.07) is 7.93. The number of nitrogens with one attached hydrogen (secondary N) is 2. The molecule has 1 aromatic heterocycles. The number of fused-ring (bicyclic) bond motifs is 1. The van der Waals surface area contributed by atoms with E-state index in [1.54, 1.807) is 13.8 Å². The first-order valence-electron chi connectivity index (χ1n) is 7.22. The van der Waals surface area contributed by atoms with Gasteiger partial charge >= 0.3 is 6.09 Å². The first-order chi connectivity index (χ1) is 9.96. The van der Waals surface area contributed by atoms with Crippen LogP contribution in [-0.2, 0) is 4.74 Å². The molecule has 1 heterocycles. The second kappa shape index (κ2) is 6.18. The van der Waals surface area contributed by atoms with Gasteiger partial charge in [-0.25, -0.2) is 4.79 Å². The third kappa shape index (κ3) is 3.55. The highest BCUT2D eigenvalue weighted by Gasteiger charge is 2.23. The Kier molecular flexibility index (Phi) is 4.53. The zero-order valence-electron chi connectivity index (χ0n) is 12.8. The van der Waals surface area contributed by atoms with Crippen molar-refractivity contribution >= 4 is 17.0 Å². The third-order valence-corrected chi connectivity index (χ3v) is 3.56. The molecule has 0 saturated carbocycles. The first kappa shape index (κ1) is 15.4. The van der Waals surface area contributed by atoms with Crippen molar-refractivity contribution in [2.75, 3.05) is 6.54 Å². The molecule has 0 fully saturated rings. The van der Waals surface area contributed by atoms with Crippen molar-refractivity contribution in [2.45, 2.75) is 38.8 Å². The lowest BCUT2D eigenvalue weighted by Crippen LogP contribution is -2.41. The van der Waals surface area contributed by atoms with Crippen LogP contribution in [0.25, 0.3) is 10.9 Å². The van der Waals surface area contributed by atoms with E-state index in [0.717, 1.165) is 22.9 Å². The van der Waals surface area contributed by atoms with Crippen LogP contribution < -0.4 is 11.1 Å². The Morgan fingerprint density at radius 3 is 2.81 bits per heavy atom. The molecular weight excluding hydrogens is 266 g/mol. The molecule has 0 bridgehead atoms. The summed E-state index contributed by atoms with van der Waals surface area (Å²) < 4.78 is 5.34. The fraction of sp³-hybridized carbons (Fsp3) is 0.438. The molecule has 2 rings (SSSR count). The molecule has 5 heteroatoms. The molecule has 21 heavy (non-hydrogen) atoms. The van der Waals surface area contributed by atoms with E-state index in [2.05, 4.69) is 10.3 Å². The number of carbonyl (C=O) groups is 1. The van der Waals surface area contributed by atoms with Crippen LogP contribution in [0.5, 0.6) is 0 Å². The summed E-state index contributed by atoms with van der Waals surface area (Å²) in [5, 5.41) is 4.03. The second-order valence-corrected chi connectivity index (χ2v) is 5.75. The van der Waals surface area contributed by atoms with Gasteiger partial charge in [0.1, 0.15) is 5.60 Å². The predicted molar refractivity (Wildman–Crippen MR) is 84.1 cm³/mol. The van der Waals surface area contributed by atoms with E-state index in [4.69, 9.17) is 10.5 Å². The number of carbonyl (C=O) groups excluding carboxylic acids is 1. The summed E-state index contributed by atoms with van der Waals surface area (Å²) >= 11 is 0. The zero-order valence-corrected chi connectivity index (χ0v) is 12.8. The fourth-order valence-electron chi connectivity index (χ4n) is 2.25. The highest BCUT2D eigenvalue weighted by molar-refractivity contribution is 5.84. The van der Waals surface area contributed by atoms with E-state index < -0.39 is 11.7 Å². The number of H-pyrrole nitrogens is 1. The van der Waals surface area contributed by atoms with Crippen LogP contribution in [0, 0.1) is 0 Å². The summed E-state index contributed by atoms with van der Waals surface area (Å²) in [4.78, 5) is 15.2. The van der Waals surface area contributed by atoms with Crippen LogP contribution >= 0.6 is 0 Å². The smallest absolute Gasteiger partial charge is 0.408 e. The van der Waals surface area contributed by atoms with Gasteiger partial charge in [-0.05, 0) is 31.9 Å². The number of para-hydroxylation sites is 1. The number of benzene rings is 1. The van der Waals surface area contributed by atoms with Crippen LogP contribution in [0.15, 0.2) is 30.5 Å². The van der Waals surface area contributed by atoms with E-state index in [1.165, 1.54) is 0 Å². The number of nitrogens with two attached hydrogens (primary N) is 1. The summed E-state index contributed by atoms with van der Waals surface area (Å²) in [6.07, 6.45) is 2.27. The van der Waals surface area contributed by atoms with Gasteiger partial charge in [0, 0.05) is 23.6 Å². The number of alkyl carbamates (subject to hydrolysis) is 1. The monoisotopic (exact) mass is 289 g/mol. The number of amides is 1. The highest BCUT2D eigenvalue weighted by Crippen LogP contribution is 2.26. The lowest BCUT2D eigenvalue weighted by molar-refractivity contribution is 0.0430. The number of hydrogen-bond donors (Lipinski definition) is 3. The highest BCUT2D eigenvalue weighted by atomic mass is 16.6. The van der Waals surface area contributed by atoms with Gasteiger partial charge in [0.25, 0.3) is 0 Å². The van der Waals surface area contributed by atoms with Gasteiger partial charge in [0.2, 0.25) is 0 Å². The molecular formula is C16H23N3O2. The van der Waals surface area contributed by atoms with E-state index >= 15 is 0 Å². The van der Waals surface area contributed by atoms with Crippen molar-refractivity contribution in [3.63, 3.8) is 0 Å². The van der Waals surface area contributed by atoms with Gasteiger partial charge in [0.15, 0.2) is 0 Å². The lowest BCUT2D eigenvalue weighted by Gasteiger charge is -2.25. The molecule has 0 radical (unpaired) electrons. The van der Waals surface area contributed by atoms with E-state index in [0.29, 0.717) is 0 Å². The van der Waals surface area contributed by atoms with E-state index in [-0.39, 0.29) is 12.6 Å². The van der Waals surface area contributed by atoms with Gasteiger partial charge < -0.3 is 20.8 Å². The minimum Gasteiger partial charge on any atom is -0.442 e. The minimum absolute atomic E-state index is 0.0952. The molecule has 1 amide bonds. The largest absolute Gasteiger partial charge is 0.442 e. The van der Waals surface area contributed by atoms with E-state index in [1.807, 2.05) is 37.4 Å². The Labute approximate surface area is 124 Å². The maximum atomic E-state index is 12.0. The molecule has 1 aromatic carbocycles. The summed E-state index contributed by atoms with van der Waals surface area (Å²) in [5.74, 6) is 0. The Bertz CT molecular complexity index is 619. The average Bonchev–Trinajstić information content (AvgIpc) is 2.88. The molecule has 0 aliphatic carbocycles. The summed E-state index contributed by atoms with van der Waals surface area (Å²) in [6.45, 7) is 5.89. The van der Waals surface area contributed by atoms with Crippen LogP contribution in [0.3, 0.4) is 0 Å². The van der Waals surface area contributed by atoms with Gasteiger partial charge in [-0.2, -0.15) is 0 Å². The van der Waals surface area contributed by atoms with Crippen LogP contribution in [-0.4, -0.2) is 23.2 Å². The number of hydrogen-bond acceptors (Lipinski definition) is 3. The Balaban J connectivity index is 2.15. The van der Waals surface area contributed by atoms with Crippen molar-refractivity contribution in [1.82, 2.24) is 10.3 Å². The van der Waals surface area contributed by atoms with Crippen molar-refractivity contribution in [3.8, 4) is 0 Å². The maximum Gasteiger partial charge on any atom is 0.408 e. The molecule has 114 valence electrons. The summed E-state index contributed by atoms with van der Waals surface area (Å²) in [5.41, 5.74) is 7.04. The summed E-state index contributed by atoms with van der Waals surface area (Å²) in [7, 11) is 0. The number of rotatable bonds is 5. The van der Waals surface area contributed by atoms with Crippen LogP contribution in [0.2, 0.25) is 0 Å². The molecule has 2 aromatic rings. The number of aromatic nitrogens is 1. The second-order valence-electron chi connectivity index (χ2n) is 5.75. The van der Waals surface area contributed by atoms with Crippen molar-refractivity contribution in [1.29, 1.82) is 0 Å². The SMILES string of the molecule is CCC(NC(=O)OC(C)(C)CN)c1c[nH]c2ccccc12. The van der Waals surface area contributed by atoms with Crippen molar-refractivity contribution in [3.05, 3.63) is 36.0 Å². The molecule has 1 unspecified atom stereocenters. The van der Waals surface area contributed by atoms with Crippen molar-refractivity contribution in [2.24, 2.45) is 5.73 Å². The van der Waals surface area contributed by atoms with Gasteiger partial charge in [-0.1, -0.05) is 25.1 Å². The lowest BCUT2D eigenvalue weighted by atomic mass is 10.0. The molecule has 5 nitrogen and oxygen atoms in total. The van der Waals surface area contributed by atoms with Crippen molar-refractivity contribution < 1.29 is 9.53 Å². The quantitative estimate of drug-likeness (QED) is 0.791. The standard InChI is InChI=1S/C16H23N3O2/c1-4-13(19-15(20)21-16(2,3)10-17)12-9-18-14-8-6-5-7-11(12)14/h5-9,13,18H,4,10,17H2,1-3H3,(H,19,20). The number of aromatic amines is 1. The van der Waals surface area contributed by atoms with Crippen LogP contribution in [0.1, 0.15) is 38.8 Å². The average molecular weight is 289 g/mol. The normalized spacial score (nSPS) is 13.1. The molecule has 1 atom stereocenters. The molecule has 4 N–H and O–H groups in total. The predicted octanol–water partition coefficient (Wildman–Crippen LogP) is 3.08. The topological polar surface area (TPSA) is 80.1 Å². The van der Waals surface area contributed by atoms with Gasteiger partial charge in [0.05, 0.1) is 6.04 Å². The molecule has 0 aliphatic heterocycles. The van der Waals surface area contributed by atoms with Gasteiger partial charge in [-0.3, -0.25) is 0 Å². The van der Waals surface area contributed by atoms with Crippen LogP contribution in [0.4, 0.5) is 4.79 Å². The molecule has 0 spiro atoms. The number of ether oxygens (including phenoxy) is 1.